The minimum absolute atomic E-state index is 0.0676. The molecule has 124 valence electrons. The molecular weight excluding hydrogens is 333 g/mol. The lowest BCUT2D eigenvalue weighted by molar-refractivity contribution is -0.141. The minimum atomic E-state index is -4.53. The summed E-state index contributed by atoms with van der Waals surface area (Å²) in [5.74, 6) is -0.657. The number of halogens is 3. The first-order chi connectivity index (χ1) is 10.8. The molecule has 0 spiro atoms. The van der Waals surface area contributed by atoms with Gasteiger partial charge in [-0.3, -0.25) is 9.31 Å². The lowest BCUT2D eigenvalue weighted by Gasteiger charge is -2.08. The Bertz CT molecular complexity index is 711. The lowest BCUT2D eigenvalue weighted by Crippen LogP contribution is -2.12. The van der Waals surface area contributed by atoms with Gasteiger partial charge in [0.15, 0.2) is 0 Å². The van der Waals surface area contributed by atoms with Crippen LogP contribution < -0.4 is 0 Å². The van der Waals surface area contributed by atoms with E-state index in [4.69, 9.17) is 4.74 Å². The topological polar surface area (TPSA) is 72.1 Å². The van der Waals surface area contributed by atoms with Crippen LogP contribution in [0.3, 0.4) is 0 Å². The molecule has 2 rings (SSSR count). The van der Waals surface area contributed by atoms with Gasteiger partial charge in [0.25, 0.3) is 0 Å². The van der Waals surface area contributed by atoms with Crippen LogP contribution in [0.4, 0.5) is 13.2 Å². The number of carbonyl (C=O) groups excluding carboxylic acids is 1. The van der Waals surface area contributed by atoms with Crippen LogP contribution in [0, 0.1) is 0 Å². The number of benzene rings is 1. The van der Waals surface area contributed by atoms with E-state index in [1.807, 2.05) is 5.10 Å². The summed E-state index contributed by atoms with van der Waals surface area (Å²) in [5.41, 5.74) is -0.771. The summed E-state index contributed by atoms with van der Waals surface area (Å²) in [6.45, 7) is -0.205. The molecule has 0 radical (unpaired) electrons. The van der Waals surface area contributed by atoms with Gasteiger partial charge in [-0.25, -0.2) is 4.79 Å². The van der Waals surface area contributed by atoms with E-state index in [-0.39, 0.29) is 24.2 Å². The van der Waals surface area contributed by atoms with E-state index < -0.39 is 28.6 Å². The SMILES string of the molecule is C[S@@](=O)c1ccc(C(=O)OCCc2cn[nH]c2C(F)(F)F)cc1. The highest BCUT2D eigenvalue weighted by Gasteiger charge is 2.35. The van der Waals surface area contributed by atoms with Gasteiger partial charge < -0.3 is 4.74 Å². The molecule has 1 heterocycles. The number of hydrogen-bond donors (Lipinski definition) is 1. The molecule has 2 aromatic rings. The van der Waals surface area contributed by atoms with Gasteiger partial charge in [0.1, 0.15) is 5.69 Å². The third kappa shape index (κ3) is 4.41. The van der Waals surface area contributed by atoms with Crippen molar-refractivity contribution in [2.24, 2.45) is 0 Å². The smallest absolute Gasteiger partial charge is 0.433 e. The number of carbonyl (C=O) groups is 1. The second kappa shape index (κ2) is 6.95. The molecule has 1 aromatic heterocycles. The summed E-state index contributed by atoms with van der Waals surface area (Å²) in [6.07, 6.45) is -2.06. The largest absolute Gasteiger partial charge is 0.462 e. The van der Waals surface area contributed by atoms with Gasteiger partial charge in [-0.05, 0) is 24.3 Å². The number of ether oxygens (including phenoxy) is 1. The molecule has 0 fully saturated rings. The molecule has 0 saturated carbocycles. The first-order valence-corrected chi connectivity index (χ1v) is 8.05. The van der Waals surface area contributed by atoms with Gasteiger partial charge in [0.2, 0.25) is 0 Å². The zero-order valence-corrected chi connectivity index (χ0v) is 12.8. The average molecular weight is 346 g/mol. The van der Waals surface area contributed by atoms with Gasteiger partial charge in [0.05, 0.1) is 18.4 Å². The fourth-order valence-corrected chi connectivity index (χ4v) is 2.39. The highest BCUT2D eigenvalue weighted by atomic mass is 32.2. The maximum Gasteiger partial charge on any atom is 0.433 e. The van der Waals surface area contributed by atoms with Crippen molar-refractivity contribution in [3.63, 3.8) is 0 Å². The summed E-state index contributed by atoms with van der Waals surface area (Å²) in [5, 5.41) is 5.24. The Labute approximate surface area is 132 Å². The van der Waals surface area contributed by atoms with Crippen LogP contribution >= 0.6 is 0 Å². The molecule has 0 amide bonds. The average Bonchev–Trinajstić information content (AvgIpc) is 2.96. The van der Waals surface area contributed by atoms with E-state index >= 15 is 0 Å². The summed E-state index contributed by atoms with van der Waals surface area (Å²) in [6, 6.07) is 5.98. The molecule has 1 atom stereocenters. The highest BCUT2D eigenvalue weighted by molar-refractivity contribution is 7.84. The maximum absolute atomic E-state index is 12.6. The first kappa shape index (κ1) is 17.2. The Morgan fingerprint density at radius 1 is 1.30 bits per heavy atom. The Morgan fingerprint density at radius 3 is 2.52 bits per heavy atom. The molecule has 1 aromatic carbocycles. The fourth-order valence-electron chi connectivity index (χ4n) is 1.87. The van der Waals surface area contributed by atoms with Crippen molar-refractivity contribution >= 4 is 16.8 Å². The van der Waals surface area contributed by atoms with Gasteiger partial charge in [-0.15, -0.1) is 0 Å². The Morgan fingerprint density at radius 2 is 1.96 bits per heavy atom. The second-order valence-corrected chi connectivity index (χ2v) is 6.01. The lowest BCUT2D eigenvalue weighted by atomic mass is 10.2. The quantitative estimate of drug-likeness (QED) is 0.845. The van der Waals surface area contributed by atoms with Crippen LogP contribution in [-0.2, 0) is 28.1 Å². The number of esters is 1. The van der Waals surface area contributed by atoms with E-state index in [0.717, 1.165) is 6.20 Å². The van der Waals surface area contributed by atoms with Crippen molar-refractivity contribution in [3.8, 4) is 0 Å². The van der Waals surface area contributed by atoms with Crippen molar-refractivity contribution in [1.29, 1.82) is 0 Å². The molecule has 9 heteroatoms. The molecule has 0 aliphatic rings. The summed E-state index contributed by atoms with van der Waals surface area (Å²) in [7, 11) is -1.16. The van der Waals surface area contributed by atoms with Gasteiger partial charge >= 0.3 is 12.1 Å². The molecule has 0 unspecified atom stereocenters. The molecule has 5 nitrogen and oxygen atoms in total. The maximum atomic E-state index is 12.6. The van der Waals surface area contributed by atoms with E-state index in [2.05, 4.69) is 5.10 Å². The van der Waals surface area contributed by atoms with Crippen molar-refractivity contribution in [3.05, 3.63) is 47.3 Å². The van der Waals surface area contributed by atoms with Gasteiger partial charge in [0, 0.05) is 33.9 Å². The van der Waals surface area contributed by atoms with E-state index in [9.17, 15) is 22.2 Å². The zero-order chi connectivity index (χ0) is 17.0. The monoisotopic (exact) mass is 346 g/mol. The normalized spacial score (nSPS) is 12.9. The van der Waals surface area contributed by atoms with Crippen LogP contribution in [0.2, 0.25) is 0 Å². The third-order valence-electron chi connectivity index (χ3n) is 3.03. The number of nitrogens with zero attached hydrogens (tertiary/aromatic N) is 1. The van der Waals surface area contributed by atoms with Crippen LogP contribution in [0.5, 0.6) is 0 Å². The third-order valence-corrected chi connectivity index (χ3v) is 3.96. The van der Waals surface area contributed by atoms with Crippen molar-refractivity contribution in [2.45, 2.75) is 17.5 Å². The van der Waals surface area contributed by atoms with Gasteiger partial charge in [-0.1, -0.05) is 0 Å². The minimum Gasteiger partial charge on any atom is -0.462 e. The molecule has 0 saturated heterocycles. The summed E-state index contributed by atoms with van der Waals surface area (Å²) in [4.78, 5) is 12.4. The van der Waals surface area contributed by atoms with Crippen molar-refractivity contribution in [2.75, 3.05) is 12.9 Å². The predicted molar refractivity (Wildman–Crippen MR) is 76.4 cm³/mol. The molecule has 0 bridgehead atoms. The number of hydrogen-bond acceptors (Lipinski definition) is 4. The molecule has 23 heavy (non-hydrogen) atoms. The number of alkyl halides is 3. The second-order valence-electron chi connectivity index (χ2n) is 4.63. The van der Waals surface area contributed by atoms with E-state index in [0.29, 0.717) is 4.90 Å². The highest BCUT2D eigenvalue weighted by Crippen LogP contribution is 2.30. The number of rotatable bonds is 5. The summed E-state index contributed by atoms with van der Waals surface area (Å²) >= 11 is 0. The summed E-state index contributed by atoms with van der Waals surface area (Å²) < 4.78 is 54.1. The van der Waals surface area contributed by atoms with Gasteiger partial charge in [-0.2, -0.15) is 18.3 Å². The Kier molecular flexibility index (Phi) is 5.19. The van der Waals surface area contributed by atoms with E-state index in [1.165, 1.54) is 30.5 Å². The number of H-pyrrole nitrogens is 1. The zero-order valence-electron chi connectivity index (χ0n) is 12.0. The fraction of sp³-hybridized carbons (Fsp3) is 0.286. The molecule has 0 aliphatic carbocycles. The number of nitrogens with one attached hydrogen (secondary N) is 1. The van der Waals surface area contributed by atoms with Crippen LogP contribution in [0.15, 0.2) is 35.4 Å². The van der Waals surface area contributed by atoms with Crippen LogP contribution in [0.25, 0.3) is 0 Å². The standard InChI is InChI=1S/C14H13F3N2O3S/c1-23(21)11-4-2-9(3-5-11)13(20)22-7-6-10-8-18-19-12(10)14(15,16)17/h2-5,8H,6-7H2,1H3,(H,18,19)/t23-/m1/s1. The molecule has 1 N–H and O–H groups in total. The van der Waals surface area contributed by atoms with Crippen LogP contribution in [0.1, 0.15) is 21.6 Å². The Hall–Kier alpha value is -2.16. The molecule has 0 aliphatic heterocycles. The predicted octanol–water partition coefficient (Wildman–Crippen LogP) is 2.57. The van der Waals surface area contributed by atoms with E-state index in [1.54, 1.807) is 0 Å². The Balaban J connectivity index is 1.93. The molecular formula is C14H13F3N2O3S. The first-order valence-electron chi connectivity index (χ1n) is 6.49. The van der Waals surface area contributed by atoms with Crippen molar-refractivity contribution < 1.29 is 26.9 Å². The number of aromatic nitrogens is 2. The number of aromatic amines is 1. The van der Waals surface area contributed by atoms with Crippen molar-refractivity contribution in [1.82, 2.24) is 10.2 Å². The van der Waals surface area contributed by atoms with Crippen LogP contribution in [-0.4, -0.2) is 33.2 Å².